The van der Waals surface area contributed by atoms with Gasteiger partial charge in [-0.3, -0.25) is 9.18 Å². The molecular formula is C7H13FO2. The fourth-order valence-corrected chi connectivity index (χ4v) is 0.559. The number of rotatable bonds is 4. The maximum atomic E-state index is 11.8. The lowest BCUT2D eigenvalue weighted by Crippen LogP contribution is -2.10. The molecule has 0 radical (unpaired) electrons. The first-order valence-electron chi connectivity index (χ1n) is 3.42. The molecule has 0 aliphatic carbocycles. The van der Waals surface area contributed by atoms with Crippen molar-refractivity contribution in [2.24, 2.45) is 5.92 Å². The normalized spacial score (nSPS) is 12.7. The van der Waals surface area contributed by atoms with Gasteiger partial charge >= 0.3 is 5.97 Å². The third-order valence-corrected chi connectivity index (χ3v) is 1.08. The van der Waals surface area contributed by atoms with Crippen molar-refractivity contribution in [3.05, 3.63) is 0 Å². The van der Waals surface area contributed by atoms with Gasteiger partial charge < -0.3 is 4.74 Å². The smallest absolute Gasteiger partial charge is 0.306 e. The van der Waals surface area contributed by atoms with Crippen LogP contribution in [0, 0.1) is 5.92 Å². The quantitative estimate of drug-likeness (QED) is 0.565. The lowest BCUT2D eigenvalue weighted by Gasteiger charge is -2.04. The average Bonchev–Trinajstić information content (AvgIpc) is 1.88. The van der Waals surface area contributed by atoms with E-state index in [0.717, 1.165) is 0 Å². The number of carbonyl (C=O) groups excluding carboxylic acids is 1. The van der Waals surface area contributed by atoms with E-state index in [1.807, 2.05) is 0 Å². The molecule has 3 heteroatoms. The van der Waals surface area contributed by atoms with E-state index in [2.05, 4.69) is 4.74 Å². The number of hydrogen-bond donors (Lipinski definition) is 0. The van der Waals surface area contributed by atoms with Gasteiger partial charge in [0.1, 0.15) is 0 Å². The van der Waals surface area contributed by atoms with E-state index in [0.29, 0.717) is 6.61 Å². The molecule has 0 aromatic rings. The van der Waals surface area contributed by atoms with Gasteiger partial charge in [0.15, 0.2) is 0 Å². The van der Waals surface area contributed by atoms with Crippen molar-refractivity contribution >= 4 is 5.97 Å². The van der Waals surface area contributed by atoms with Crippen LogP contribution in [0.25, 0.3) is 0 Å². The first kappa shape index (κ1) is 9.40. The summed E-state index contributed by atoms with van der Waals surface area (Å²) in [7, 11) is 0. The van der Waals surface area contributed by atoms with Crippen molar-refractivity contribution in [2.45, 2.75) is 20.3 Å². The number of ether oxygens (including phenoxy) is 1. The minimum Gasteiger partial charge on any atom is -0.466 e. The third kappa shape index (κ3) is 4.30. The van der Waals surface area contributed by atoms with Gasteiger partial charge in [-0.1, -0.05) is 6.92 Å². The highest BCUT2D eigenvalue weighted by molar-refractivity contribution is 5.69. The van der Waals surface area contributed by atoms with Crippen LogP contribution in [0.2, 0.25) is 0 Å². The molecule has 0 saturated carbocycles. The van der Waals surface area contributed by atoms with Gasteiger partial charge in [0, 0.05) is 0 Å². The first-order chi connectivity index (χ1) is 4.70. The Morgan fingerprint density at radius 2 is 2.30 bits per heavy atom. The monoisotopic (exact) mass is 148 g/mol. The van der Waals surface area contributed by atoms with E-state index < -0.39 is 6.67 Å². The minimum atomic E-state index is -0.460. The summed E-state index contributed by atoms with van der Waals surface area (Å²) < 4.78 is 16.4. The second-order valence-corrected chi connectivity index (χ2v) is 2.27. The van der Waals surface area contributed by atoms with Gasteiger partial charge in [-0.25, -0.2) is 0 Å². The number of hydrogen-bond acceptors (Lipinski definition) is 2. The molecule has 0 bridgehead atoms. The second-order valence-electron chi connectivity index (χ2n) is 2.27. The molecule has 0 aromatic carbocycles. The Kier molecular flexibility index (Phi) is 4.89. The van der Waals surface area contributed by atoms with Crippen LogP contribution in [0.3, 0.4) is 0 Å². The standard InChI is InChI=1S/C7H13FO2/c1-3-10-7(9)4-6(2)5-8/h6H,3-5H2,1-2H3. The zero-order valence-corrected chi connectivity index (χ0v) is 6.39. The Balaban J connectivity index is 3.37. The molecule has 0 aromatic heterocycles. The fraction of sp³-hybridized carbons (Fsp3) is 0.857. The minimum absolute atomic E-state index is 0.185. The lowest BCUT2D eigenvalue weighted by atomic mass is 10.1. The molecule has 0 aliphatic heterocycles. The van der Waals surface area contributed by atoms with Crippen LogP contribution >= 0.6 is 0 Å². The zero-order chi connectivity index (χ0) is 7.98. The number of esters is 1. The summed E-state index contributed by atoms with van der Waals surface area (Å²) in [6, 6.07) is 0. The van der Waals surface area contributed by atoms with E-state index in [1.165, 1.54) is 0 Å². The Morgan fingerprint density at radius 3 is 2.70 bits per heavy atom. The van der Waals surface area contributed by atoms with Crippen molar-refractivity contribution in [3.63, 3.8) is 0 Å². The molecule has 1 atom stereocenters. The van der Waals surface area contributed by atoms with Crippen LogP contribution in [-0.4, -0.2) is 19.3 Å². The summed E-state index contributed by atoms with van der Waals surface area (Å²) in [6.45, 7) is 3.32. The van der Waals surface area contributed by atoms with E-state index in [9.17, 15) is 9.18 Å². The Hall–Kier alpha value is -0.600. The highest BCUT2D eigenvalue weighted by atomic mass is 19.1. The van der Waals surface area contributed by atoms with Crippen LogP contribution < -0.4 is 0 Å². The van der Waals surface area contributed by atoms with E-state index in [4.69, 9.17) is 0 Å². The summed E-state index contributed by atoms with van der Waals surface area (Å²) in [6.07, 6.45) is 0.185. The summed E-state index contributed by atoms with van der Waals surface area (Å²) in [5.41, 5.74) is 0. The van der Waals surface area contributed by atoms with Crippen LogP contribution in [0.1, 0.15) is 20.3 Å². The SMILES string of the molecule is CCOC(=O)CC(C)CF. The van der Waals surface area contributed by atoms with Gasteiger partial charge in [-0.15, -0.1) is 0 Å². The predicted molar refractivity (Wildman–Crippen MR) is 36.4 cm³/mol. The van der Waals surface area contributed by atoms with E-state index in [-0.39, 0.29) is 18.3 Å². The molecule has 0 amide bonds. The highest BCUT2D eigenvalue weighted by Crippen LogP contribution is 2.02. The van der Waals surface area contributed by atoms with Gasteiger partial charge in [0.05, 0.1) is 19.7 Å². The van der Waals surface area contributed by atoms with Crippen molar-refractivity contribution in [3.8, 4) is 0 Å². The van der Waals surface area contributed by atoms with Gasteiger partial charge in [0.25, 0.3) is 0 Å². The average molecular weight is 148 g/mol. The molecule has 0 saturated heterocycles. The molecule has 0 aliphatic rings. The molecule has 0 heterocycles. The van der Waals surface area contributed by atoms with Crippen molar-refractivity contribution in [1.29, 1.82) is 0 Å². The second kappa shape index (κ2) is 5.21. The molecule has 0 rings (SSSR count). The predicted octanol–water partition coefficient (Wildman–Crippen LogP) is 1.55. The Morgan fingerprint density at radius 1 is 1.70 bits per heavy atom. The summed E-state index contributed by atoms with van der Waals surface area (Å²) >= 11 is 0. The molecule has 2 nitrogen and oxygen atoms in total. The maximum Gasteiger partial charge on any atom is 0.306 e. The first-order valence-corrected chi connectivity index (χ1v) is 3.42. The molecule has 0 fully saturated rings. The van der Waals surface area contributed by atoms with Crippen LogP contribution in [0.4, 0.5) is 4.39 Å². The number of alkyl halides is 1. The molecule has 10 heavy (non-hydrogen) atoms. The lowest BCUT2D eigenvalue weighted by molar-refractivity contribution is -0.144. The molecule has 0 N–H and O–H groups in total. The highest BCUT2D eigenvalue weighted by Gasteiger charge is 2.08. The summed E-state index contributed by atoms with van der Waals surface area (Å²) in [4.78, 5) is 10.6. The molecule has 0 spiro atoms. The Bertz CT molecular complexity index is 104. The number of carbonyl (C=O) groups is 1. The number of halogens is 1. The van der Waals surface area contributed by atoms with E-state index >= 15 is 0 Å². The van der Waals surface area contributed by atoms with Crippen molar-refractivity contribution in [1.82, 2.24) is 0 Å². The summed E-state index contributed by atoms with van der Waals surface area (Å²) in [5.74, 6) is -0.522. The summed E-state index contributed by atoms with van der Waals surface area (Å²) in [5, 5.41) is 0. The fourth-order valence-electron chi connectivity index (χ4n) is 0.559. The van der Waals surface area contributed by atoms with Gasteiger partial charge in [-0.05, 0) is 12.8 Å². The van der Waals surface area contributed by atoms with Crippen molar-refractivity contribution < 1.29 is 13.9 Å². The van der Waals surface area contributed by atoms with Crippen molar-refractivity contribution in [2.75, 3.05) is 13.3 Å². The Labute approximate surface area is 60.4 Å². The third-order valence-electron chi connectivity index (χ3n) is 1.08. The van der Waals surface area contributed by atoms with Crippen LogP contribution in [0.5, 0.6) is 0 Å². The van der Waals surface area contributed by atoms with E-state index in [1.54, 1.807) is 13.8 Å². The molecule has 60 valence electrons. The maximum absolute atomic E-state index is 11.8. The van der Waals surface area contributed by atoms with Crippen LogP contribution in [0.15, 0.2) is 0 Å². The van der Waals surface area contributed by atoms with Gasteiger partial charge in [-0.2, -0.15) is 0 Å². The van der Waals surface area contributed by atoms with Crippen LogP contribution in [-0.2, 0) is 9.53 Å². The topological polar surface area (TPSA) is 26.3 Å². The van der Waals surface area contributed by atoms with Gasteiger partial charge in [0.2, 0.25) is 0 Å². The largest absolute Gasteiger partial charge is 0.466 e. The molecule has 1 unspecified atom stereocenters. The molecular weight excluding hydrogens is 135 g/mol. The zero-order valence-electron chi connectivity index (χ0n) is 6.39.